The second-order valence-electron chi connectivity index (χ2n) is 6.40. The first-order valence-corrected chi connectivity index (χ1v) is 9.44. The molecule has 144 valence electrons. The summed E-state index contributed by atoms with van der Waals surface area (Å²) < 4.78 is 0. The summed E-state index contributed by atoms with van der Waals surface area (Å²) in [6.07, 6.45) is 0.805. The second kappa shape index (κ2) is 10.6. The van der Waals surface area contributed by atoms with Crippen molar-refractivity contribution in [3.8, 4) is 0 Å². The molecular formula is C21H27ClN4O. The first-order valence-electron chi connectivity index (χ1n) is 9.07. The summed E-state index contributed by atoms with van der Waals surface area (Å²) in [5, 5.41) is 7.31. The van der Waals surface area contributed by atoms with Crippen molar-refractivity contribution in [1.82, 2.24) is 15.5 Å². The van der Waals surface area contributed by atoms with Crippen molar-refractivity contribution in [3.63, 3.8) is 0 Å². The Kier molecular flexibility index (Phi) is 8.14. The standard InChI is InChI=1S/C21H27ClN4O/c1-4-23-21(25-15-17-8-10-19(22)11-9-17)24-13-12-16-6-5-7-18(14-16)20(27)26(2)3/h5-11,14H,4,12-13,15H2,1-3H3,(H2,23,24,25). The van der Waals surface area contributed by atoms with E-state index < -0.39 is 0 Å². The van der Waals surface area contributed by atoms with Crippen LogP contribution in [0.4, 0.5) is 0 Å². The van der Waals surface area contributed by atoms with Gasteiger partial charge in [-0.05, 0) is 48.7 Å². The molecule has 0 fully saturated rings. The van der Waals surface area contributed by atoms with Crippen LogP contribution in [0.2, 0.25) is 5.02 Å². The molecule has 0 saturated carbocycles. The average molecular weight is 387 g/mol. The Labute approximate surface area is 166 Å². The highest BCUT2D eigenvalue weighted by molar-refractivity contribution is 6.30. The summed E-state index contributed by atoms with van der Waals surface area (Å²) in [6.45, 7) is 4.14. The fourth-order valence-corrected chi connectivity index (χ4v) is 2.67. The number of hydrogen-bond acceptors (Lipinski definition) is 2. The summed E-state index contributed by atoms with van der Waals surface area (Å²) in [4.78, 5) is 18.3. The second-order valence-corrected chi connectivity index (χ2v) is 6.83. The van der Waals surface area contributed by atoms with Crippen LogP contribution in [0, 0.1) is 0 Å². The van der Waals surface area contributed by atoms with Gasteiger partial charge < -0.3 is 15.5 Å². The van der Waals surface area contributed by atoms with Gasteiger partial charge in [0.15, 0.2) is 5.96 Å². The summed E-state index contributed by atoms with van der Waals surface area (Å²) in [5.41, 5.74) is 2.93. The number of amides is 1. The minimum absolute atomic E-state index is 0.0164. The maximum atomic E-state index is 12.1. The van der Waals surface area contributed by atoms with E-state index in [1.54, 1.807) is 19.0 Å². The third-order valence-corrected chi connectivity index (χ3v) is 4.22. The minimum atomic E-state index is 0.0164. The van der Waals surface area contributed by atoms with E-state index in [0.29, 0.717) is 12.1 Å². The molecule has 2 rings (SSSR count). The third-order valence-electron chi connectivity index (χ3n) is 3.96. The van der Waals surface area contributed by atoms with Crippen molar-refractivity contribution in [2.24, 2.45) is 4.99 Å². The maximum Gasteiger partial charge on any atom is 0.253 e. The summed E-state index contributed by atoms with van der Waals surface area (Å²) in [7, 11) is 3.52. The Bertz CT molecular complexity index is 772. The van der Waals surface area contributed by atoms with Crippen LogP contribution < -0.4 is 10.6 Å². The number of benzene rings is 2. The van der Waals surface area contributed by atoms with Crippen molar-refractivity contribution in [3.05, 3.63) is 70.2 Å². The quantitative estimate of drug-likeness (QED) is 0.566. The number of hydrogen-bond donors (Lipinski definition) is 2. The molecule has 0 bridgehead atoms. The molecule has 0 aromatic heterocycles. The number of rotatable bonds is 7. The van der Waals surface area contributed by atoms with Gasteiger partial charge in [-0.2, -0.15) is 0 Å². The van der Waals surface area contributed by atoms with E-state index in [0.717, 1.165) is 41.6 Å². The molecule has 1 amide bonds. The summed E-state index contributed by atoms with van der Waals surface area (Å²) >= 11 is 5.91. The van der Waals surface area contributed by atoms with Crippen molar-refractivity contribution < 1.29 is 4.79 Å². The lowest BCUT2D eigenvalue weighted by Gasteiger charge is -2.13. The molecule has 0 radical (unpaired) electrons. The Balaban J connectivity index is 1.92. The van der Waals surface area contributed by atoms with E-state index in [9.17, 15) is 4.79 Å². The zero-order chi connectivity index (χ0) is 19.6. The maximum absolute atomic E-state index is 12.1. The van der Waals surface area contributed by atoms with E-state index in [1.165, 1.54) is 0 Å². The first kappa shape index (κ1) is 20.8. The highest BCUT2D eigenvalue weighted by Crippen LogP contribution is 2.10. The van der Waals surface area contributed by atoms with E-state index in [-0.39, 0.29) is 5.91 Å². The van der Waals surface area contributed by atoms with E-state index in [2.05, 4.69) is 15.6 Å². The average Bonchev–Trinajstić information content (AvgIpc) is 2.67. The third kappa shape index (κ3) is 6.94. The van der Waals surface area contributed by atoms with Gasteiger partial charge in [0.05, 0.1) is 6.54 Å². The van der Waals surface area contributed by atoms with Crippen molar-refractivity contribution in [1.29, 1.82) is 0 Å². The van der Waals surface area contributed by atoms with Gasteiger partial charge in [-0.15, -0.1) is 0 Å². The number of nitrogens with one attached hydrogen (secondary N) is 2. The van der Waals surface area contributed by atoms with Gasteiger partial charge in [-0.1, -0.05) is 35.9 Å². The molecule has 2 aromatic carbocycles. The Morgan fingerprint density at radius 2 is 1.81 bits per heavy atom. The number of aliphatic imine (C=N–C) groups is 1. The van der Waals surface area contributed by atoms with Gasteiger partial charge in [-0.25, -0.2) is 4.99 Å². The van der Waals surface area contributed by atoms with E-state index in [4.69, 9.17) is 11.6 Å². The zero-order valence-electron chi connectivity index (χ0n) is 16.1. The zero-order valence-corrected chi connectivity index (χ0v) is 16.9. The largest absolute Gasteiger partial charge is 0.357 e. The Hall–Kier alpha value is -2.53. The van der Waals surface area contributed by atoms with Gasteiger partial charge >= 0.3 is 0 Å². The highest BCUT2D eigenvalue weighted by Gasteiger charge is 2.08. The molecule has 0 heterocycles. The predicted octanol–water partition coefficient (Wildman–Crippen LogP) is 3.34. The smallest absolute Gasteiger partial charge is 0.253 e. The Morgan fingerprint density at radius 1 is 1.07 bits per heavy atom. The van der Waals surface area contributed by atoms with Crippen LogP contribution in [0.1, 0.15) is 28.4 Å². The number of carbonyl (C=O) groups excluding carboxylic acids is 1. The van der Waals surface area contributed by atoms with E-state index in [1.807, 2.05) is 55.5 Å². The minimum Gasteiger partial charge on any atom is -0.357 e. The molecule has 2 N–H and O–H groups in total. The van der Waals surface area contributed by atoms with Crippen LogP contribution >= 0.6 is 11.6 Å². The molecule has 27 heavy (non-hydrogen) atoms. The van der Waals surface area contributed by atoms with Crippen LogP contribution in [-0.4, -0.2) is 44.0 Å². The molecule has 0 saturated heterocycles. The highest BCUT2D eigenvalue weighted by atomic mass is 35.5. The summed E-state index contributed by atoms with van der Waals surface area (Å²) in [6, 6.07) is 15.4. The van der Waals surface area contributed by atoms with Crippen molar-refractivity contribution in [2.75, 3.05) is 27.2 Å². The first-order chi connectivity index (χ1) is 13.0. The molecule has 6 heteroatoms. The number of nitrogens with zero attached hydrogens (tertiary/aromatic N) is 2. The predicted molar refractivity (Wildman–Crippen MR) is 112 cm³/mol. The lowest BCUT2D eigenvalue weighted by molar-refractivity contribution is 0.0827. The van der Waals surface area contributed by atoms with E-state index >= 15 is 0 Å². The van der Waals surface area contributed by atoms with Gasteiger partial charge in [0, 0.05) is 37.8 Å². The molecule has 0 atom stereocenters. The van der Waals surface area contributed by atoms with Crippen molar-refractivity contribution in [2.45, 2.75) is 19.9 Å². The molecular weight excluding hydrogens is 360 g/mol. The van der Waals surface area contributed by atoms with Crippen LogP contribution in [0.25, 0.3) is 0 Å². The fraction of sp³-hybridized carbons (Fsp3) is 0.333. The molecule has 0 unspecified atom stereocenters. The van der Waals surface area contributed by atoms with Crippen LogP contribution in [0.15, 0.2) is 53.5 Å². The number of guanidine groups is 1. The SMILES string of the molecule is CCNC(=NCc1ccc(Cl)cc1)NCCc1cccc(C(=O)N(C)C)c1. The molecule has 0 aliphatic carbocycles. The molecule has 0 aliphatic heterocycles. The van der Waals surface area contributed by atoms with Crippen molar-refractivity contribution >= 4 is 23.5 Å². The van der Waals surface area contributed by atoms with Gasteiger partial charge in [-0.3, -0.25) is 4.79 Å². The molecule has 0 aliphatic rings. The number of halogens is 1. The molecule has 5 nitrogen and oxygen atoms in total. The normalized spacial score (nSPS) is 11.2. The van der Waals surface area contributed by atoms with Gasteiger partial charge in [0.2, 0.25) is 0 Å². The fourth-order valence-electron chi connectivity index (χ4n) is 2.55. The van der Waals surface area contributed by atoms with Crippen LogP contribution in [0.5, 0.6) is 0 Å². The topological polar surface area (TPSA) is 56.7 Å². The lowest BCUT2D eigenvalue weighted by atomic mass is 10.1. The summed E-state index contributed by atoms with van der Waals surface area (Å²) in [5.74, 6) is 0.788. The van der Waals surface area contributed by atoms with Crippen LogP contribution in [0.3, 0.4) is 0 Å². The monoisotopic (exact) mass is 386 g/mol. The molecule has 2 aromatic rings. The van der Waals surface area contributed by atoms with Gasteiger partial charge in [0.1, 0.15) is 0 Å². The molecule has 0 spiro atoms. The Morgan fingerprint density at radius 3 is 2.48 bits per heavy atom. The lowest BCUT2D eigenvalue weighted by Crippen LogP contribution is -2.38. The van der Waals surface area contributed by atoms with Crippen LogP contribution in [-0.2, 0) is 13.0 Å². The number of carbonyl (C=O) groups is 1. The van der Waals surface area contributed by atoms with Gasteiger partial charge in [0.25, 0.3) is 5.91 Å².